The number of phosphoric acid groups is 1. The molecule has 6 nitrogen and oxygen atoms in total. The van der Waals surface area contributed by atoms with Crippen LogP contribution in [0.15, 0.2) is 12.4 Å². The molecular weight excluding hydrogens is 456 g/mol. The first-order chi connectivity index (χ1) is 10.1. The zero-order valence-electron chi connectivity index (χ0n) is 11.9. The predicted octanol–water partition coefficient (Wildman–Crippen LogP) is 3.46. The number of hydrogen-bond donors (Lipinski definition) is 2. The molecule has 1 heterocycles. The van der Waals surface area contributed by atoms with E-state index in [9.17, 15) is 14.4 Å². The Kier molecular flexibility index (Phi) is 7.07. The zero-order valence-corrected chi connectivity index (χ0v) is 17.3. The Morgan fingerprint density at radius 2 is 1.70 bits per heavy atom. The highest BCUT2D eigenvalue weighted by atomic mass is 35.6. The summed E-state index contributed by atoms with van der Waals surface area (Å²) >= 11 is 35.4. The molecule has 1 aromatic rings. The fourth-order valence-corrected chi connectivity index (χ4v) is 4.98. The third-order valence-corrected chi connectivity index (χ3v) is 5.53. The molecule has 0 bridgehead atoms. The van der Waals surface area contributed by atoms with Crippen LogP contribution in [0, 0.1) is 0 Å². The van der Waals surface area contributed by atoms with Crippen LogP contribution in [0.2, 0.25) is 0 Å². The zero-order chi connectivity index (χ0) is 18.3. The van der Waals surface area contributed by atoms with Crippen LogP contribution in [0.25, 0.3) is 0 Å². The summed E-state index contributed by atoms with van der Waals surface area (Å²) in [4.78, 5) is 18.5. The topological polar surface area (TPSA) is 75.6 Å². The van der Waals surface area contributed by atoms with Crippen LogP contribution in [-0.4, -0.2) is 27.5 Å². The first kappa shape index (κ1) is 22.1. The molecule has 0 amide bonds. The average molecular weight is 470 g/mol. The third-order valence-electron chi connectivity index (χ3n) is 3.15. The van der Waals surface area contributed by atoms with Crippen LogP contribution in [0.5, 0.6) is 0 Å². The van der Waals surface area contributed by atoms with Gasteiger partial charge in [0, 0.05) is 0 Å². The Balaban J connectivity index is 3.56. The first-order valence-electron chi connectivity index (χ1n) is 6.08. The van der Waals surface area contributed by atoms with Crippen LogP contribution in [-0.2, 0) is 29.1 Å². The molecule has 1 aromatic heterocycles. The Labute approximate surface area is 163 Å². The first-order valence-corrected chi connectivity index (χ1v) is 9.88. The molecule has 0 atom stereocenters. The maximum Gasteiger partial charge on any atom is 0.470 e. The second-order valence-electron chi connectivity index (χ2n) is 4.69. The van der Waals surface area contributed by atoms with Crippen molar-refractivity contribution in [2.45, 2.75) is 33.1 Å². The van der Waals surface area contributed by atoms with Crippen LogP contribution < -0.4 is 4.57 Å². The number of imidazole rings is 1. The summed E-state index contributed by atoms with van der Waals surface area (Å²) in [5.74, 6) is 0.471. The quantitative estimate of drug-likeness (QED) is 0.393. The maximum atomic E-state index is 11.4. The van der Waals surface area contributed by atoms with Crippen molar-refractivity contribution in [2.75, 3.05) is 0 Å². The summed E-state index contributed by atoms with van der Waals surface area (Å²) < 4.78 is 14.6. The fraction of sp³-hybridized carbons (Fsp3) is 0.700. The van der Waals surface area contributed by atoms with Crippen LogP contribution >= 0.6 is 77.4 Å². The molecule has 0 radical (unpaired) electrons. The average Bonchev–Trinajstić information content (AvgIpc) is 2.65. The van der Waals surface area contributed by atoms with Gasteiger partial charge in [-0.25, -0.2) is 13.7 Å². The van der Waals surface area contributed by atoms with Gasteiger partial charge in [0.2, 0.25) is 7.59 Å². The fourth-order valence-electron chi connectivity index (χ4n) is 1.99. The monoisotopic (exact) mass is 467 g/mol. The van der Waals surface area contributed by atoms with Crippen LogP contribution in [0.3, 0.4) is 0 Å². The molecule has 0 saturated carbocycles. The Morgan fingerprint density at radius 1 is 1.22 bits per heavy atom. The van der Waals surface area contributed by atoms with Gasteiger partial charge in [-0.1, -0.05) is 69.6 Å². The molecule has 0 saturated heterocycles. The Hall–Kier alpha value is 1.06. The molecule has 2 N–H and O–H groups in total. The highest BCUT2D eigenvalue weighted by molar-refractivity contribution is 7.46. The van der Waals surface area contributed by atoms with E-state index < -0.39 is 21.0 Å². The van der Waals surface area contributed by atoms with E-state index in [1.54, 1.807) is 28.6 Å². The highest BCUT2D eigenvalue weighted by Gasteiger charge is 2.66. The van der Waals surface area contributed by atoms with E-state index in [1.807, 2.05) is 6.92 Å². The molecule has 134 valence electrons. The van der Waals surface area contributed by atoms with Crippen molar-refractivity contribution >= 4 is 77.4 Å². The Bertz CT molecular complexity index is 591. The van der Waals surface area contributed by atoms with E-state index in [1.165, 1.54) is 0 Å². The van der Waals surface area contributed by atoms with Gasteiger partial charge in [0.25, 0.3) is 5.82 Å². The van der Waals surface area contributed by atoms with Gasteiger partial charge in [0.1, 0.15) is 12.4 Å². The number of nitrogens with zero attached hydrogens (tertiary/aromatic N) is 2. The van der Waals surface area contributed by atoms with Crippen molar-refractivity contribution in [2.24, 2.45) is 7.05 Å². The lowest BCUT2D eigenvalue weighted by molar-refractivity contribution is -0.701. The third kappa shape index (κ3) is 5.04. The van der Waals surface area contributed by atoms with Crippen LogP contribution in [0.1, 0.15) is 12.7 Å². The van der Waals surface area contributed by atoms with Crippen molar-refractivity contribution in [3.05, 3.63) is 18.2 Å². The van der Waals surface area contributed by atoms with E-state index >= 15 is 0 Å². The van der Waals surface area contributed by atoms with E-state index in [-0.39, 0.29) is 6.42 Å². The van der Waals surface area contributed by atoms with Crippen molar-refractivity contribution < 1.29 is 23.4 Å². The number of rotatable bonds is 5. The summed E-state index contributed by atoms with van der Waals surface area (Å²) in [6, 6.07) is 0. The van der Waals surface area contributed by atoms with Gasteiger partial charge in [-0.2, -0.15) is 0 Å². The van der Waals surface area contributed by atoms with E-state index in [0.29, 0.717) is 12.4 Å². The largest absolute Gasteiger partial charge is 0.470 e. The number of alkyl halides is 6. The highest BCUT2D eigenvalue weighted by Crippen LogP contribution is 2.60. The van der Waals surface area contributed by atoms with Gasteiger partial charge < -0.3 is 9.79 Å². The smallest absolute Gasteiger partial charge is 0.303 e. The number of phosphoric ester groups is 1. The summed E-state index contributed by atoms with van der Waals surface area (Å²) in [5.41, 5.74) is -2.45. The van der Waals surface area contributed by atoms with Gasteiger partial charge in [-0.15, -0.1) is 0 Å². The minimum Gasteiger partial charge on any atom is -0.303 e. The van der Waals surface area contributed by atoms with Gasteiger partial charge in [-0.05, 0) is 6.92 Å². The summed E-state index contributed by atoms with van der Waals surface area (Å²) in [6.45, 7) is 2.38. The molecule has 23 heavy (non-hydrogen) atoms. The molecule has 0 aliphatic rings. The molecule has 0 aromatic carbocycles. The number of aryl methyl sites for hydroxylation is 2. The van der Waals surface area contributed by atoms with Crippen LogP contribution in [0.4, 0.5) is 0 Å². The molecule has 0 aliphatic carbocycles. The van der Waals surface area contributed by atoms with Gasteiger partial charge in [0.05, 0.1) is 20.0 Å². The summed E-state index contributed by atoms with van der Waals surface area (Å²) in [6.07, 6.45) is 3.02. The van der Waals surface area contributed by atoms with Gasteiger partial charge >= 0.3 is 7.82 Å². The molecule has 13 heteroatoms. The normalized spacial score (nSPS) is 14.3. The standard InChI is InChI=1S/C10H13Cl6N2O4P/c1-3-18-5-4-17(2)7(18)6-8(9(11,12)13,10(14,15)16)22-23(19,20)21/h4-5H,3,6H2,1-2H3,(H-,19,20,21)/p+1. The molecule has 0 fully saturated rings. The number of halogens is 6. The van der Waals surface area contributed by atoms with Crippen molar-refractivity contribution in [3.63, 3.8) is 0 Å². The molecule has 0 aliphatic heterocycles. The van der Waals surface area contributed by atoms with Gasteiger partial charge in [0.15, 0.2) is 5.60 Å². The van der Waals surface area contributed by atoms with E-state index in [0.717, 1.165) is 0 Å². The predicted molar refractivity (Wildman–Crippen MR) is 91.4 cm³/mol. The summed E-state index contributed by atoms with van der Waals surface area (Å²) in [5, 5.41) is 0. The number of aromatic nitrogens is 2. The Morgan fingerprint density at radius 3 is 2.04 bits per heavy atom. The lowest BCUT2D eigenvalue weighted by atomic mass is 10.0. The van der Waals surface area contributed by atoms with E-state index in [4.69, 9.17) is 74.1 Å². The molecular formula is C10H14Cl6N2O4P+. The van der Waals surface area contributed by atoms with Crippen molar-refractivity contribution in [1.29, 1.82) is 0 Å². The molecule has 0 spiro atoms. The lowest BCUT2D eigenvalue weighted by Gasteiger charge is -2.42. The maximum absolute atomic E-state index is 11.4. The second-order valence-corrected chi connectivity index (χ2v) is 10.4. The SMILES string of the molecule is CC[n+]1ccn(C)c1CC(OP(=O)(O)O)(C(Cl)(Cl)Cl)C(Cl)(Cl)Cl. The van der Waals surface area contributed by atoms with Crippen molar-refractivity contribution in [1.82, 2.24) is 4.57 Å². The lowest BCUT2D eigenvalue weighted by Crippen LogP contribution is -2.58. The van der Waals surface area contributed by atoms with Gasteiger partial charge in [-0.3, -0.25) is 4.52 Å². The second kappa shape index (κ2) is 7.36. The summed E-state index contributed by atoms with van der Waals surface area (Å²) in [7, 11) is -3.48. The molecule has 1 rings (SSSR count). The molecule has 0 unspecified atom stereocenters. The number of hydrogen-bond acceptors (Lipinski definition) is 2. The van der Waals surface area contributed by atoms with Crippen molar-refractivity contribution in [3.8, 4) is 0 Å². The van der Waals surface area contributed by atoms with E-state index in [2.05, 4.69) is 0 Å². The minimum absolute atomic E-state index is 0.386. The minimum atomic E-state index is -5.16.